The number of nitrogens with zero attached hydrogens (tertiary/aromatic N) is 1. The second-order valence-electron chi connectivity index (χ2n) is 6.33. The molecule has 1 aliphatic rings. The lowest BCUT2D eigenvalue weighted by Gasteiger charge is -2.24. The Bertz CT molecular complexity index is 760. The highest BCUT2D eigenvalue weighted by atomic mass is 127. The number of carbonyl (C=O) groups is 4. The van der Waals surface area contributed by atoms with Crippen LogP contribution in [0.1, 0.15) is 52.8 Å². The number of ether oxygens (including phenoxy) is 1. The molecule has 1 atom stereocenters. The minimum atomic E-state index is -1.04. The summed E-state index contributed by atoms with van der Waals surface area (Å²) < 4.78 is 11.0. The molecule has 1 aliphatic heterocycles. The van der Waals surface area contributed by atoms with E-state index in [1.807, 2.05) is 0 Å². The highest BCUT2D eigenvalue weighted by molar-refractivity contribution is 14.2. The van der Waals surface area contributed by atoms with Gasteiger partial charge in [0.15, 0.2) is 0 Å². The fourth-order valence-electron chi connectivity index (χ4n) is 3.10. The van der Waals surface area contributed by atoms with Gasteiger partial charge in [0.05, 0.1) is 33.6 Å². The van der Waals surface area contributed by atoms with E-state index in [1.165, 1.54) is 16.3 Å². The molecule has 1 aromatic carbocycles. The summed E-state index contributed by atoms with van der Waals surface area (Å²) in [5.41, 5.74) is 0.377. The molecule has 8 nitrogen and oxygen atoms in total. The predicted molar refractivity (Wildman–Crippen MR) is 117 cm³/mol. The van der Waals surface area contributed by atoms with Crippen molar-refractivity contribution in [1.82, 2.24) is 10.2 Å². The molecule has 158 valence electrons. The van der Waals surface area contributed by atoms with Crippen LogP contribution >= 0.6 is 30.4 Å². The van der Waals surface area contributed by atoms with Crippen LogP contribution in [-0.4, -0.2) is 55.2 Å². The van der Waals surface area contributed by atoms with Crippen LogP contribution in [0.4, 0.5) is 0 Å². The lowest BCUT2D eigenvalue weighted by molar-refractivity contribution is -0.124. The Hall–Kier alpha value is -1.66. The standard InChI is InChI=1S/C19H23IN2O6S/c1-21-17(24)14(8-6-10-23)22-18(25)13-7-5-9-15(16(13)19(22)26)27-11-3-2-4-12-28-29-20/h5,7,9-10,14H,2-4,6,8,11-12H2,1H3,(H,21,24). The van der Waals surface area contributed by atoms with Gasteiger partial charge < -0.3 is 19.0 Å². The Labute approximate surface area is 185 Å². The zero-order valence-corrected chi connectivity index (χ0v) is 19.0. The summed E-state index contributed by atoms with van der Waals surface area (Å²) in [4.78, 5) is 49.7. The van der Waals surface area contributed by atoms with Gasteiger partial charge in [0.2, 0.25) is 5.91 Å². The third-order valence-corrected chi connectivity index (χ3v) is 5.52. The molecule has 0 radical (unpaired) electrons. The van der Waals surface area contributed by atoms with E-state index in [2.05, 4.69) is 26.5 Å². The molecule has 1 heterocycles. The van der Waals surface area contributed by atoms with Crippen molar-refractivity contribution >= 4 is 54.4 Å². The van der Waals surface area contributed by atoms with Gasteiger partial charge in [-0.15, -0.1) is 0 Å². The van der Waals surface area contributed by atoms with Crippen molar-refractivity contribution in [3.05, 3.63) is 29.3 Å². The highest BCUT2D eigenvalue weighted by Gasteiger charge is 2.44. The van der Waals surface area contributed by atoms with E-state index in [0.29, 0.717) is 25.2 Å². The van der Waals surface area contributed by atoms with Gasteiger partial charge >= 0.3 is 0 Å². The van der Waals surface area contributed by atoms with Gasteiger partial charge in [-0.2, -0.15) is 0 Å². The van der Waals surface area contributed by atoms with Crippen LogP contribution < -0.4 is 10.1 Å². The molecule has 3 amide bonds. The van der Waals surface area contributed by atoms with E-state index in [0.717, 1.165) is 24.2 Å². The molecule has 0 fully saturated rings. The number of fused-ring (bicyclic) bond motifs is 1. The maximum Gasteiger partial charge on any atom is 0.266 e. The lowest BCUT2D eigenvalue weighted by atomic mass is 10.1. The second-order valence-corrected chi connectivity index (χ2v) is 7.77. The van der Waals surface area contributed by atoms with E-state index in [4.69, 9.17) is 8.92 Å². The van der Waals surface area contributed by atoms with Crippen LogP contribution in [0.3, 0.4) is 0 Å². The Morgan fingerprint density at radius 3 is 2.69 bits per heavy atom. The monoisotopic (exact) mass is 534 g/mol. The van der Waals surface area contributed by atoms with Gasteiger partial charge in [-0.05, 0) is 37.8 Å². The topological polar surface area (TPSA) is 102 Å². The van der Waals surface area contributed by atoms with Crippen LogP contribution in [-0.2, 0) is 13.8 Å². The molecule has 0 aromatic heterocycles. The summed E-state index contributed by atoms with van der Waals surface area (Å²) in [6, 6.07) is 3.79. The van der Waals surface area contributed by atoms with Gasteiger partial charge in [0, 0.05) is 34.7 Å². The smallest absolute Gasteiger partial charge is 0.266 e. The number of hydrogen-bond donors (Lipinski definition) is 1. The van der Waals surface area contributed by atoms with Crippen LogP contribution in [0, 0.1) is 0 Å². The largest absolute Gasteiger partial charge is 0.493 e. The number of hydrogen-bond acceptors (Lipinski definition) is 7. The Kier molecular flexibility index (Phi) is 9.88. The zero-order chi connectivity index (χ0) is 21.2. The van der Waals surface area contributed by atoms with E-state index >= 15 is 0 Å². The molecule has 10 heteroatoms. The quantitative estimate of drug-likeness (QED) is 0.137. The summed E-state index contributed by atoms with van der Waals surface area (Å²) in [6.07, 6.45) is 3.39. The first-order valence-electron chi connectivity index (χ1n) is 9.26. The van der Waals surface area contributed by atoms with Gasteiger partial charge in [-0.25, -0.2) is 0 Å². The molecule has 0 aliphatic carbocycles. The maximum absolute atomic E-state index is 13.0. The summed E-state index contributed by atoms with van der Waals surface area (Å²) in [5, 5.41) is 2.45. The maximum atomic E-state index is 13.0. The molecule has 0 saturated carbocycles. The second kappa shape index (κ2) is 12.1. The SMILES string of the molecule is CNC(=O)C(CCC=O)N1C(=O)c2cccc(OCCCCCOSI)c2C1=O. The number of benzene rings is 1. The molecular formula is C19H23IN2O6S. The van der Waals surface area contributed by atoms with Crippen molar-refractivity contribution in [2.24, 2.45) is 0 Å². The highest BCUT2D eigenvalue weighted by Crippen LogP contribution is 2.33. The molecule has 2 rings (SSSR count). The molecule has 1 aromatic rings. The van der Waals surface area contributed by atoms with Crippen molar-refractivity contribution in [2.75, 3.05) is 20.3 Å². The van der Waals surface area contributed by atoms with E-state index in [-0.39, 0.29) is 24.0 Å². The number of imide groups is 1. The molecule has 1 N–H and O–H groups in total. The van der Waals surface area contributed by atoms with Crippen molar-refractivity contribution in [1.29, 1.82) is 0 Å². The number of nitrogens with one attached hydrogen (secondary N) is 1. The number of rotatable bonds is 13. The van der Waals surface area contributed by atoms with Gasteiger partial charge in [-0.1, -0.05) is 6.07 Å². The van der Waals surface area contributed by atoms with Crippen LogP contribution in [0.5, 0.6) is 5.75 Å². The molecule has 29 heavy (non-hydrogen) atoms. The third kappa shape index (κ3) is 5.92. The van der Waals surface area contributed by atoms with Crippen LogP contribution in [0.2, 0.25) is 0 Å². The first-order chi connectivity index (χ1) is 14.1. The molecule has 0 saturated heterocycles. The summed E-state index contributed by atoms with van der Waals surface area (Å²) in [6.45, 7) is 1.07. The first kappa shape index (κ1) is 23.6. The van der Waals surface area contributed by atoms with Gasteiger partial charge in [-0.3, -0.25) is 19.3 Å². The minimum Gasteiger partial charge on any atom is -0.493 e. The number of amides is 3. The summed E-state index contributed by atoms with van der Waals surface area (Å²) in [7, 11) is 2.73. The number of aldehydes is 1. The van der Waals surface area contributed by atoms with Gasteiger partial charge in [0.25, 0.3) is 11.8 Å². The molecule has 0 spiro atoms. The Morgan fingerprint density at radius 2 is 2.00 bits per heavy atom. The average Bonchev–Trinajstić information content (AvgIpc) is 2.99. The van der Waals surface area contributed by atoms with Crippen LogP contribution in [0.15, 0.2) is 18.2 Å². The van der Waals surface area contributed by atoms with E-state index in [9.17, 15) is 19.2 Å². The van der Waals surface area contributed by atoms with Crippen molar-refractivity contribution < 1.29 is 28.1 Å². The van der Waals surface area contributed by atoms with Crippen molar-refractivity contribution in [3.63, 3.8) is 0 Å². The predicted octanol–water partition coefficient (Wildman–Crippen LogP) is 2.94. The number of unbranched alkanes of at least 4 members (excludes halogenated alkanes) is 2. The molecular weight excluding hydrogens is 511 g/mol. The number of likely N-dealkylation sites (N-methyl/N-ethyl adjacent to an activating group) is 1. The average molecular weight is 534 g/mol. The van der Waals surface area contributed by atoms with Crippen LogP contribution in [0.25, 0.3) is 0 Å². The van der Waals surface area contributed by atoms with E-state index < -0.39 is 23.8 Å². The zero-order valence-electron chi connectivity index (χ0n) is 16.0. The normalized spacial score (nSPS) is 13.9. The molecule has 0 bridgehead atoms. The number of carbonyl (C=O) groups excluding carboxylic acids is 4. The lowest BCUT2D eigenvalue weighted by Crippen LogP contribution is -2.48. The van der Waals surface area contributed by atoms with Crippen molar-refractivity contribution in [3.8, 4) is 5.75 Å². The molecule has 1 unspecified atom stereocenters. The van der Waals surface area contributed by atoms with E-state index in [1.54, 1.807) is 18.2 Å². The number of halogens is 1. The minimum absolute atomic E-state index is 0.0641. The summed E-state index contributed by atoms with van der Waals surface area (Å²) >= 11 is 2.07. The third-order valence-electron chi connectivity index (χ3n) is 4.50. The summed E-state index contributed by atoms with van der Waals surface area (Å²) in [5.74, 6) is -1.29. The van der Waals surface area contributed by atoms with Crippen molar-refractivity contribution in [2.45, 2.75) is 38.1 Å². The van der Waals surface area contributed by atoms with Gasteiger partial charge in [0.1, 0.15) is 18.1 Å². The fourth-order valence-corrected chi connectivity index (χ4v) is 3.82. The Morgan fingerprint density at radius 1 is 1.24 bits per heavy atom. The fraction of sp³-hybridized carbons (Fsp3) is 0.474. The first-order valence-corrected chi connectivity index (χ1v) is 12.5. The Balaban J connectivity index is 2.11.